The maximum atomic E-state index is 12.1. The van der Waals surface area contributed by atoms with Crippen molar-refractivity contribution in [2.75, 3.05) is 18.4 Å². The zero-order chi connectivity index (χ0) is 13.7. The van der Waals surface area contributed by atoms with E-state index in [1.165, 1.54) is 19.3 Å². The molecule has 2 rings (SSSR count). The highest BCUT2D eigenvalue weighted by atomic mass is 16.1. The van der Waals surface area contributed by atoms with Crippen molar-refractivity contribution in [2.24, 2.45) is 5.41 Å². The van der Waals surface area contributed by atoms with Crippen LogP contribution in [0.5, 0.6) is 0 Å². The molecule has 0 aliphatic heterocycles. The SMILES string of the molecule is CCCNc1cccc(C(=O)NCC2(C)CCC2)n1. The quantitative estimate of drug-likeness (QED) is 0.828. The Morgan fingerprint density at radius 3 is 2.84 bits per heavy atom. The number of hydrogen-bond acceptors (Lipinski definition) is 3. The first-order valence-corrected chi connectivity index (χ1v) is 7.12. The molecule has 0 unspecified atom stereocenters. The number of nitrogens with one attached hydrogen (secondary N) is 2. The van der Waals surface area contributed by atoms with Gasteiger partial charge >= 0.3 is 0 Å². The van der Waals surface area contributed by atoms with Gasteiger partial charge in [0.2, 0.25) is 0 Å². The van der Waals surface area contributed by atoms with Crippen molar-refractivity contribution in [3.05, 3.63) is 23.9 Å². The standard InChI is InChI=1S/C15H23N3O/c1-3-10-16-13-7-4-6-12(18-13)14(19)17-11-15(2)8-5-9-15/h4,6-7H,3,5,8-11H2,1-2H3,(H,16,18)(H,17,19). The summed E-state index contributed by atoms with van der Waals surface area (Å²) in [5, 5.41) is 6.19. The van der Waals surface area contributed by atoms with Crippen LogP contribution in [0.1, 0.15) is 50.0 Å². The molecule has 1 aromatic rings. The van der Waals surface area contributed by atoms with Gasteiger partial charge in [-0.2, -0.15) is 0 Å². The van der Waals surface area contributed by atoms with E-state index >= 15 is 0 Å². The van der Waals surface area contributed by atoms with Crippen molar-refractivity contribution in [3.63, 3.8) is 0 Å². The summed E-state index contributed by atoms with van der Waals surface area (Å²) < 4.78 is 0. The van der Waals surface area contributed by atoms with Crippen LogP contribution < -0.4 is 10.6 Å². The van der Waals surface area contributed by atoms with Gasteiger partial charge in [-0.3, -0.25) is 4.79 Å². The second kappa shape index (κ2) is 6.04. The van der Waals surface area contributed by atoms with E-state index in [2.05, 4.69) is 29.5 Å². The van der Waals surface area contributed by atoms with Crippen LogP contribution in [0.2, 0.25) is 0 Å². The highest BCUT2D eigenvalue weighted by Crippen LogP contribution is 2.39. The molecule has 1 aromatic heterocycles. The van der Waals surface area contributed by atoms with Gasteiger partial charge in [0.15, 0.2) is 0 Å². The summed E-state index contributed by atoms with van der Waals surface area (Å²) in [6, 6.07) is 5.51. The van der Waals surface area contributed by atoms with Crippen LogP contribution in [-0.4, -0.2) is 24.0 Å². The van der Waals surface area contributed by atoms with Crippen LogP contribution in [0.3, 0.4) is 0 Å². The first kappa shape index (κ1) is 13.8. The number of aromatic nitrogens is 1. The molecule has 1 heterocycles. The summed E-state index contributed by atoms with van der Waals surface area (Å²) in [5.74, 6) is 0.692. The molecule has 1 saturated carbocycles. The third-order valence-electron chi connectivity index (χ3n) is 3.77. The fourth-order valence-electron chi connectivity index (χ4n) is 2.25. The number of carbonyl (C=O) groups is 1. The number of nitrogens with zero attached hydrogens (tertiary/aromatic N) is 1. The fourth-order valence-corrected chi connectivity index (χ4v) is 2.25. The van der Waals surface area contributed by atoms with Gasteiger partial charge in [-0.1, -0.05) is 26.3 Å². The molecule has 2 N–H and O–H groups in total. The van der Waals surface area contributed by atoms with Gasteiger partial charge in [0.1, 0.15) is 11.5 Å². The smallest absolute Gasteiger partial charge is 0.269 e. The van der Waals surface area contributed by atoms with Crippen LogP contribution in [0.4, 0.5) is 5.82 Å². The van der Waals surface area contributed by atoms with Crippen LogP contribution in [-0.2, 0) is 0 Å². The minimum atomic E-state index is -0.0757. The summed E-state index contributed by atoms with van der Waals surface area (Å²) in [6.45, 7) is 5.95. The lowest BCUT2D eigenvalue weighted by molar-refractivity contribution is 0.0886. The third-order valence-corrected chi connectivity index (χ3v) is 3.77. The molecule has 0 aromatic carbocycles. The summed E-state index contributed by atoms with van der Waals surface area (Å²) in [5.41, 5.74) is 0.789. The van der Waals surface area contributed by atoms with E-state index in [0.29, 0.717) is 11.1 Å². The molecule has 104 valence electrons. The van der Waals surface area contributed by atoms with Crippen molar-refractivity contribution in [1.29, 1.82) is 0 Å². The second-order valence-corrected chi connectivity index (χ2v) is 5.68. The minimum Gasteiger partial charge on any atom is -0.370 e. The van der Waals surface area contributed by atoms with E-state index in [0.717, 1.165) is 25.3 Å². The first-order chi connectivity index (χ1) is 9.13. The normalized spacial score (nSPS) is 16.5. The average Bonchev–Trinajstić information content (AvgIpc) is 2.40. The van der Waals surface area contributed by atoms with Crippen molar-refractivity contribution >= 4 is 11.7 Å². The van der Waals surface area contributed by atoms with Gasteiger partial charge in [-0.05, 0) is 36.8 Å². The molecule has 0 bridgehead atoms. The Kier molecular flexibility index (Phi) is 4.40. The van der Waals surface area contributed by atoms with Gasteiger partial charge in [-0.15, -0.1) is 0 Å². The monoisotopic (exact) mass is 261 g/mol. The van der Waals surface area contributed by atoms with Crippen LogP contribution >= 0.6 is 0 Å². The molecular weight excluding hydrogens is 238 g/mol. The Balaban J connectivity index is 1.90. The summed E-state index contributed by atoms with van der Waals surface area (Å²) in [7, 11) is 0. The van der Waals surface area contributed by atoms with E-state index in [1.54, 1.807) is 6.07 Å². The fraction of sp³-hybridized carbons (Fsp3) is 0.600. The van der Waals surface area contributed by atoms with Crippen molar-refractivity contribution in [1.82, 2.24) is 10.3 Å². The number of pyridine rings is 1. The predicted octanol–water partition coefficient (Wildman–Crippen LogP) is 2.82. The first-order valence-electron chi connectivity index (χ1n) is 7.12. The maximum absolute atomic E-state index is 12.1. The second-order valence-electron chi connectivity index (χ2n) is 5.68. The van der Waals surface area contributed by atoms with Crippen LogP contribution in [0.15, 0.2) is 18.2 Å². The third kappa shape index (κ3) is 3.69. The van der Waals surface area contributed by atoms with E-state index < -0.39 is 0 Å². The minimum absolute atomic E-state index is 0.0757. The van der Waals surface area contributed by atoms with Crippen LogP contribution in [0.25, 0.3) is 0 Å². The average molecular weight is 261 g/mol. The highest BCUT2D eigenvalue weighted by Gasteiger charge is 2.31. The Morgan fingerprint density at radius 2 is 2.21 bits per heavy atom. The number of hydrogen-bond donors (Lipinski definition) is 2. The summed E-state index contributed by atoms with van der Waals surface area (Å²) >= 11 is 0. The zero-order valence-electron chi connectivity index (χ0n) is 11.8. The molecule has 19 heavy (non-hydrogen) atoms. The molecule has 1 fully saturated rings. The van der Waals surface area contributed by atoms with Gasteiger partial charge in [0, 0.05) is 13.1 Å². The topological polar surface area (TPSA) is 54.0 Å². The van der Waals surface area contributed by atoms with E-state index in [4.69, 9.17) is 0 Å². The molecule has 0 saturated heterocycles. The molecular formula is C15H23N3O. The van der Waals surface area contributed by atoms with Crippen LogP contribution in [0, 0.1) is 5.41 Å². The van der Waals surface area contributed by atoms with Crippen molar-refractivity contribution in [2.45, 2.75) is 39.5 Å². The molecule has 0 atom stereocenters. The number of amides is 1. The molecule has 0 radical (unpaired) electrons. The predicted molar refractivity (Wildman–Crippen MR) is 77.3 cm³/mol. The molecule has 4 heteroatoms. The molecule has 4 nitrogen and oxygen atoms in total. The summed E-state index contributed by atoms with van der Waals surface area (Å²) in [4.78, 5) is 16.4. The molecule has 0 spiro atoms. The number of anilines is 1. The Hall–Kier alpha value is -1.58. The zero-order valence-corrected chi connectivity index (χ0v) is 11.8. The van der Waals surface area contributed by atoms with Gasteiger partial charge < -0.3 is 10.6 Å². The highest BCUT2D eigenvalue weighted by molar-refractivity contribution is 5.92. The lowest BCUT2D eigenvalue weighted by Crippen LogP contribution is -2.40. The lowest BCUT2D eigenvalue weighted by atomic mass is 9.70. The van der Waals surface area contributed by atoms with Gasteiger partial charge in [0.25, 0.3) is 5.91 Å². The number of carbonyl (C=O) groups excluding carboxylic acids is 1. The van der Waals surface area contributed by atoms with E-state index in [9.17, 15) is 4.79 Å². The largest absolute Gasteiger partial charge is 0.370 e. The van der Waals surface area contributed by atoms with Crippen molar-refractivity contribution < 1.29 is 4.79 Å². The Bertz CT molecular complexity index is 441. The Morgan fingerprint density at radius 1 is 1.42 bits per heavy atom. The molecule has 1 amide bonds. The lowest BCUT2D eigenvalue weighted by Gasteiger charge is -2.38. The van der Waals surface area contributed by atoms with E-state index in [-0.39, 0.29) is 5.91 Å². The van der Waals surface area contributed by atoms with Crippen molar-refractivity contribution in [3.8, 4) is 0 Å². The van der Waals surface area contributed by atoms with E-state index in [1.807, 2.05) is 12.1 Å². The van der Waals surface area contributed by atoms with Gasteiger partial charge in [0.05, 0.1) is 0 Å². The summed E-state index contributed by atoms with van der Waals surface area (Å²) in [6.07, 6.45) is 4.73. The number of rotatable bonds is 6. The molecule has 1 aliphatic rings. The molecule has 1 aliphatic carbocycles. The Labute approximate surface area is 115 Å². The maximum Gasteiger partial charge on any atom is 0.269 e. The van der Waals surface area contributed by atoms with Gasteiger partial charge in [-0.25, -0.2) is 4.98 Å².